The normalized spacial score (nSPS) is 11.0. The van der Waals surface area contributed by atoms with E-state index in [-0.39, 0.29) is 45.6 Å². The largest absolute Gasteiger partial charge is 0.376 e. The molecule has 180 valence electrons. The molecule has 1 aromatic rings. The maximum Gasteiger partial charge on any atom is 0.235 e. The van der Waals surface area contributed by atoms with Crippen molar-refractivity contribution in [2.45, 2.75) is 59.3 Å². The van der Waals surface area contributed by atoms with Gasteiger partial charge in [-0.1, -0.05) is 40.0 Å². The van der Waals surface area contributed by atoms with Crippen LogP contribution in [-0.4, -0.2) is 78.6 Å². The third kappa shape index (κ3) is 11.4. The van der Waals surface area contributed by atoms with E-state index in [2.05, 4.69) is 41.0 Å². The lowest BCUT2D eigenvalue weighted by atomic mass is 10.4. The molecule has 0 amide bonds. The van der Waals surface area contributed by atoms with E-state index in [1.807, 2.05) is 0 Å². The van der Waals surface area contributed by atoms with Gasteiger partial charge in [0.1, 0.15) is 33.7 Å². The molecule has 1 heterocycles. The number of aliphatic hydroxyl groups is 2. The number of unbranched alkanes of at least 4 members (excludes halogenated alkanes) is 3. The molecule has 0 saturated heterocycles. The SMILES string of the molecule is CCCCOCN(CO)c1nc(NCO)nc(N(COCCCC)COCCCC)n1. The Kier molecular flexibility index (Phi) is 15.7. The summed E-state index contributed by atoms with van der Waals surface area (Å²) >= 11 is 0. The molecular formula is C20H40N6O5. The number of rotatable bonds is 20. The molecule has 0 atom stereocenters. The first-order chi connectivity index (χ1) is 15.2. The van der Waals surface area contributed by atoms with E-state index < -0.39 is 0 Å². The Morgan fingerprint density at radius 2 is 1.16 bits per heavy atom. The molecule has 1 rings (SSSR count). The minimum Gasteiger partial charge on any atom is -0.376 e. The van der Waals surface area contributed by atoms with Crippen molar-refractivity contribution in [2.75, 3.05) is 68.6 Å². The Bertz CT molecular complexity index is 557. The van der Waals surface area contributed by atoms with Gasteiger partial charge in [0, 0.05) is 19.8 Å². The van der Waals surface area contributed by atoms with Gasteiger partial charge in [-0.15, -0.1) is 0 Å². The maximum atomic E-state index is 9.80. The summed E-state index contributed by atoms with van der Waals surface area (Å²) in [6.07, 6.45) is 5.94. The molecule has 0 saturated carbocycles. The molecule has 0 unspecified atom stereocenters. The highest BCUT2D eigenvalue weighted by Gasteiger charge is 2.18. The molecule has 0 aliphatic carbocycles. The van der Waals surface area contributed by atoms with Crippen LogP contribution in [0.5, 0.6) is 0 Å². The van der Waals surface area contributed by atoms with Crippen LogP contribution in [0.4, 0.5) is 17.8 Å². The van der Waals surface area contributed by atoms with Crippen LogP contribution >= 0.6 is 0 Å². The molecular weight excluding hydrogens is 404 g/mol. The molecule has 1 aromatic heterocycles. The quantitative estimate of drug-likeness (QED) is 0.202. The summed E-state index contributed by atoms with van der Waals surface area (Å²) in [6, 6.07) is 0. The van der Waals surface area contributed by atoms with Crippen LogP contribution in [0.25, 0.3) is 0 Å². The Hall–Kier alpha value is -1.79. The number of anilines is 3. The van der Waals surface area contributed by atoms with Crippen LogP contribution in [0.15, 0.2) is 0 Å². The number of aromatic nitrogens is 3. The molecule has 11 heteroatoms. The number of nitrogens with one attached hydrogen (secondary N) is 1. The number of hydrogen-bond donors (Lipinski definition) is 3. The van der Waals surface area contributed by atoms with Crippen molar-refractivity contribution in [3.63, 3.8) is 0 Å². The van der Waals surface area contributed by atoms with Crippen LogP contribution < -0.4 is 15.1 Å². The van der Waals surface area contributed by atoms with E-state index in [4.69, 9.17) is 14.2 Å². The summed E-state index contributed by atoms with van der Waals surface area (Å²) < 4.78 is 17.1. The summed E-state index contributed by atoms with van der Waals surface area (Å²) in [5.41, 5.74) is 0. The molecule has 31 heavy (non-hydrogen) atoms. The van der Waals surface area contributed by atoms with Crippen LogP contribution in [0, 0.1) is 0 Å². The van der Waals surface area contributed by atoms with E-state index in [9.17, 15) is 10.2 Å². The van der Waals surface area contributed by atoms with Crippen LogP contribution in [0.2, 0.25) is 0 Å². The molecule has 0 radical (unpaired) electrons. The number of aliphatic hydroxyl groups excluding tert-OH is 2. The smallest absolute Gasteiger partial charge is 0.235 e. The monoisotopic (exact) mass is 444 g/mol. The lowest BCUT2D eigenvalue weighted by Crippen LogP contribution is -2.34. The molecule has 0 fully saturated rings. The second-order valence-corrected chi connectivity index (χ2v) is 6.99. The zero-order valence-corrected chi connectivity index (χ0v) is 19.3. The molecule has 0 aromatic carbocycles. The summed E-state index contributed by atoms with van der Waals surface area (Å²) in [6.45, 7) is 8.08. The van der Waals surface area contributed by atoms with Crippen molar-refractivity contribution in [2.24, 2.45) is 0 Å². The Morgan fingerprint density at radius 3 is 1.58 bits per heavy atom. The standard InChI is InChI=1S/C20H40N6O5/c1-4-7-10-29-15-25(14-28)19-22-18(21-13-27)23-20(24-19)26(16-30-11-8-5-2)17-31-12-9-6-3/h27-28H,4-17H2,1-3H3,(H,21,22,23,24). The van der Waals surface area contributed by atoms with Crippen molar-refractivity contribution in [1.82, 2.24) is 15.0 Å². The van der Waals surface area contributed by atoms with Gasteiger partial charge in [-0.3, -0.25) is 9.80 Å². The zero-order chi connectivity index (χ0) is 22.7. The highest BCUT2D eigenvalue weighted by Crippen LogP contribution is 2.17. The van der Waals surface area contributed by atoms with Crippen molar-refractivity contribution in [3.05, 3.63) is 0 Å². The first kappa shape index (κ1) is 27.2. The first-order valence-electron chi connectivity index (χ1n) is 11.1. The molecule has 0 spiro atoms. The van der Waals surface area contributed by atoms with Gasteiger partial charge in [0.15, 0.2) is 0 Å². The highest BCUT2D eigenvalue weighted by molar-refractivity contribution is 5.44. The van der Waals surface area contributed by atoms with E-state index in [1.165, 1.54) is 4.90 Å². The van der Waals surface area contributed by atoms with Crippen molar-refractivity contribution in [3.8, 4) is 0 Å². The maximum absolute atomic E-state index is 9.80. The van der Waals surface area contributed by atoms with Gasteiger partial charge in [-0.05, 0) is 19.3 Å². The summed E-state index contributed by atoms with van der Waals surface area (Å²) in [5, 5.41) is 21.8. The zero-order valence-electron chi connectivity index (χ0n) is 19.3. The average Bonchev–Trinajstić information content (AvgIpc) is 2.78. The topological polar surface area (TPSA) is 125 Å². The van der Waals surface area contributed by atoms with Crippen LogP contribution in [0.3, 0.4) is 0 Å². The van der Waals surface area contributed by atoms with Crippen molar-refractivity contribution in [1.29, 1.82) is 0 Å². The van der Waals surface area contributed by atoms with Gasteiger partial charge >= 0.3 is 0 Å². The number of hydrogen-bond acceptors (Lipinski definition) is 11. The molecule has 11 nitrogen and oxygen atoms in total. The fraction of sp³-hybridized carbons (Fsp3) is 0.850. The molecule has 0 aliphatic heterocycles. The van der Waals surface area contributed by atoms with E-state index in [0.717, 1.165) is 38.5 Å². The van der Waals surface area contributed by atoms with E-state index in [0.29, 0.717) is 25.8 Å². The third-order valence-electron chi connectivity index (χ3n) is 4.25. The second-order valence-electron chi connectivity index (χ2n) is 6.99. The summed E-state index contributed by atoms with van der Waals surface area (Å²) in [4.78, 5) is 16.4. The Balaban J connectivity index is 3.00. The Labute approximate surface area is 185 Å². The molecule has 3 N–H and O–H groups in total. The van der Waals surface area contributed by atoms with Crippen LogP contribution in [-0.2, 0) is 14.2 Å². The summed E-state index contributed by atoms with van der Waals surface area (Å²) in [5.74, 6) is 0.731. The fourth-order valence-corrected chi connectivity index (χ4v) is 2.36. The third-order valence-corrected chi connectivity index (χ3v) is 4.25. The van der Waals surface area contributed by atoms with E-state index >= 15 is 0 Å². The number of ether oxygens (including phenoxy) is 3. The van der Waals surface area contributed by atoms with Crippen molar-refractivity contribution < 1.29 is 24.4 Å². The lowest BCUT2D eigenvalue weighted by Gasteiger charge is -2.25. The minimum absolute atomic E-state index is 0.137. The van der Waals surface area contributed by atoms with Gasteiger partial charge in [0.25, 0.3) is 0 Å². The van der Waals surface area contributed by atoms with Crippen molar-refractivity contribution >= 4 is 17.8 Å². The highest BCUT2D eigenvalue weighted by atomic mass is 16.5. The number of nitrogens with zero attached hydrogens (tertiary/aromatic N) is 5. The van der Waals surface area contributed by atoms with Gasteiger partial charge < -0.3 is 29.7 Å². The predicted octanol–water partition coefficient (Wildman–Crippen LogP) is 2.12. The van der Waals surface area contributed by atoms with E-state index in [1.54, 1.807) is 4.90 Å². The van der Waals surface area contributed by atoms with Gasteiger partial charge in [-0.2, -0.15) is 15.0 Å². The predicted molar refractivity (Wildman–Crippen MR) is 120 cm³/mol. The fourth-order valence-electron chi connectivity index (χ4n) is 2.36. The lowest BCUT2D eigenvalue weighted by molar-refractivity contribution is 0.0811. The van der Waals surface area contributed by atoms with Crippen LogP contribution in [0.1, 0.15) is 59.3 Å². The average molecular weight is 445 g/mol. The van der Waals surface area contributed by atoms with Gasteiger partial charge in [0.2, 0.25) is 17.8 Å². The van der Waals surface area contributed by atoms with Gasteiger partial charge in [-0.25, -0.2) is 0 Å². The molecule has 0 bridgehead atoms. The second kappa shape index (κ2) is 17.8. The minimum atomic E-state index is -0.338. The summed E-state index contributed by atoms with van der Waals surface area (Å²) in [7, 11) is 0. The first-order valence-corrected chi connectivity index (χ1v) is 11.1. The van der Waals surface area contributed by atoms with Gasteiger partial charge in [0.05, 0.1) is 0 Å². The molecule has 0 aliphatic rings. The Morgan fingerprint density at radius 1 is 0.710 bits per heavy atom.